The van der Waals surface area contributed by atoms with E-state index in [2.05, 4.69) is 5.32 Å². The Bertz CT molecular complexity index is 1060. The average Bonchev–Trinajstić information content (AvgIpc) is 2.81. The van der Waals surface area contributed by atoms with Crippen molar-refractivity contribution in [3.8, 4) is 0 Å². The van der Waals surface area contributed by atoms with E-state index >= 15 is 0 Å². The lowest BCUT2D eigenvalue weighted by atomic mass is 10.00. The van der Waals surface area contributed by atoms with Crippen LogP contribution in [0.25, 0.3) is 0 Å². The van der Waals surface area contributed by atoms with Gasteiger partial charge in [0.25, 0.3) is 0 Å². The minimum Gasteiger partial charge on any atom is -0.350 e. The maximum Gasteiger partial charge on any atom is 0.243 e. The fourth-order valence-electron chi connectivity index (χ4n) is 3.83. The van der Waals surface area contributed by atoms with Gasteiger partial charge in [-0.1, -0.05) is 72.8 Å². The van der Waals surface area contributed by atoms with Crippen molar-refractivity contribution in [1.82, 2.24) is 10.2 Å². The number of rotatable bonds is 9. The molecular weight excluding hydrogens is 427 g/mol. The molecule has 0 fully saturated rings. The van der Waals surface area contributed by atoms with Gasteiger partial charge in [-0.25, -0.2) is 4.39 Å². The second kappa shape index (κ2) is 11.6. The smallest absolute Gasteiger partial charge is 0.243 e. The van der Waals surface area contributed by atoms with Crippen LogP contribution in [-0.4, -0.2) is 28.3 Å². The van der Waals surface area contributed by atoms with Gasteiger partial charge in [0.05, 0.1) is 0 Å². The van der Waals surface area contributed by atoms with Gasteiger partial charge in [-0.2, -0.15) is 0 Å². The summed E-state index contributed by atoms with van der Waals surface area (Å²) in [5, 5.41) is 3.05. The molecule has 3 aromatic rings. The SMILES string of the molecule is CC(C)(C)NC(=O)C(Cc1ccccc1)N(Cc1ccc(F)cc1)C(=O)CCc1ccccc1. The van der Waals surface area contributed by atoms with Gasteiger partial charge >= 0.3 is 0 Å². The van der Waals surface area contributed by atoms with Gasteiger partial charge in [0, 0.05) is 24.9 Å². The lowest BCUT2D eigenvalue weighted by Gasteiger charge is -2.34. The van der Waals surface area contributed by atoms with Gasteiger partial charge in [-0.05, 0) is 56.0 Å². The standard InChI is InChI=1S/C29H33FN2O2/c1-29(2,3)31-28(34)26(20-23-12-8-5-9-13-23)32(21-24-14-17-25(30)18-15-24)27(33)19-16-22-10-6-4-7-11-22/h4-15,17-18,26H,16,19-21H2,1-3H3,(H,31,34). The Labute approximate surface area is 201 Å². The highest BCUT2D eigenvalue weighted by molar-refractivity contribution is 5.88. The van der Waals surface area contributed by atoms with Crippen molar-refractivity contribution in [3.63, 3.8) is 0 Å². The van der Waals surface area contributed by atoms with E-state index in [0.29, 0.717) is 12.8 Å². The molecule has 0 heterocycles. The predicted octanol–water partition coefficient (Wildman–Crippen LogP) is 5.31. The van der Waals surface area contributed by atoms with Gasteiger partial charge in [0.15, 0.2) is 0 Å². The highest BCUT2D eigenvalue weighted by Crippen LogP contribution is 2.18. The van der Waals surface area contributed by atoms with Crippen LogP contribution in [0.4, 0.5) is 4.39 Å². The zero-order chi connectivity index (χ0) is 24.6. The maximum absolute atomic E-state index is 13.6. The largest absolute Gasteiger partial charge is 0.350 e. The first-order valence-corrected chi connectivity index (χ1v) is 11.6. The molecule has 0 aliphatic rings. The third-order valence-electron chi connectivity index (χ3n) is 5.51. The number of nitrogens with one attached hydrogen (secondary N) is 1. The van der Waals surface area contributed by atoms with Crippen LogP contribution in [0.15, 0.2) is 84.9 Å². The first-order chi connectivity index (χ1) is 16.2. The summed E-state index contributed by atoms with van der Waals surface area (Å²) in [6.45, 7) is 5.99. The van der Waals surface area contributed by atoms with Crippen LogP contribution < -0.4 is 5.32 Å². The summed E-state index contributed by atoms with van der Waals surface area (Å²) in [5.74, 6) is -0.651. The summed E-state index contributed by atoms with van der Waals surface area (Å²) in [7, 11) is 0. The molecule has 2 amide bonds. The lowest BCUT2D eigenvalue weighted by molar-refractivity contribution is -0.141. The monoisotopic (exact) mass is 460 g/mol. The Morgan fingerprint density at radius 2 is 1.38 bits per heavy atom. The average molecular weight is 461 g/mol. The maximum atomic E-state index is 13.6. The number of carbonyl (C=O) groups excluding carboxylic acids is 2. The molecule has 0 saturated carbocycles. The summed E-state index contributed by atoms with van der Waals surface area (Å²) in [6.07, 6.45) is 1.25. The van der Waals surface area contributed by atoms with E-state index in [-0.39, 0.29) is 30.6 Å². The van der Waals surface area contributed by atoms with Crippen LogP contribution in [0.3, 0.4) is 0 Å². The van der Waals surface area contributed by atoms with Crippen molar-refractivity contribution < 1.29 is 14.0 Å². The summed E-state index contributed by atoms with van der Waals surface area (Å²) in [5.41, 5.74) is 2.37. The first kappa shape index (κ1) is 25.2. The van der Waals surface area contributed by atoms with E-state index in [0.717, 1.165) is 16.7 Å². The van der Waals surface area contributed by atoms with Crippen LogP contribution in [0.1, 0.15) is 43.9 Å². The molecule has 1 N–H and O–H groups in total. The van der Waals surface area contributed by atoms with Crippen molar-refractivity contribution in [1.29, 1.82) is 0 Å². The molecule has 34 heavy (non-hydrogen) atoms. The molecule has 5 heteroatoms. The molecule has 0 bridgehead atoms. The van der Waals surface area contributed by atoms with Crippen LogP contribution in [0, 0.1) is 5.82 Å². The van der Waals surface area contributed by atoms with Crippen molar-refractivity contribution in [2.24, 2.45) is 0 Å². The van der Waals surface area contributed by atoms with Gasteiger partial charge in [-0.3, -0.25) is 9.59 Å². The number of hydrogen-bond acceptors (Lipinski definition) is 2. The van der Waals surface area contributed by atoms with E-state index in [1.165, 1.54) is 12.1 Å². The first-order valence-electron chi connectivity index (χ1n) is 11.6. The molecule has 0 saturated heterocycles. The van der Waals surface area contributed by atoms with Gasteiger partial charge in [0.2, 0.25) is 11.8 Å². The molecule has 0 aliphatic carbocycles. The fraction of sp³-hybridized carbons (Fsp3) is 0.310. The summed E-state index contributed by atoms with van der Waals surface area (Å²) < 4.78 is 13.5. The van der Waals surface area contributed by atoms with Crippen LogP contribution in [0.2, 0.25) is 0 Å². The highest BCUT2D eigenvalue weighted by atomic mass is 19.1. The molecule has 0 radical (unpaired) electrons. The zero-order valence-electron chi connectivity index (χ0n) is 20.1. The minimum atomic E-state index is -0.699. The van der Waals surface area contributed by atoms with Crippen molar-refractivity contribution >= 4 is 11.8 Å². The summed E-state index contributed by atoms with van der Waals surface area (Å²) in [6, 6.07) is 24.9. The van der Waals surface area contributed by atoms with E-state index in [1.54, 1.807) is 17.0 Å². The third-order valence-corrected chi connectivity index (χ3v) is 5.51. The van der Waals surface area contributed by atoms with E-state index < -0.39 is 11.6 Å². The Morgan fingerprint density at radius 1 is 0.824 bits per heavy atom. The van der Waals surface area contributed by atoms with Crippen LogP contribution in [0.5, 0.6) is 0 Å². The van der Waals surface area contributed by atoms with E-state index in [9.17, 15) is 14.0 Å². The van der Waals surface area contributed by atoms with Crippen LogP contribution in [-0.2, 0) is 29.0 Å². The van der Waals surface area contributed by atoms with Gasteiger partial charge in [0.1, 0.15) is 11.9 Å². The van der Waals surface area contributed by atoms with Crippen molar-refractivity contribution in [3.05, 3.63) is 107 Å². The molecule has 0 aromatic heterocycles. The molecule has 3 aromatic carbocycles. The summed E-state index contributed by atoms with van der Waals surface area (Å²) in [4.78, 5) is 28.7. The zero-order valence-corrected chi connectivity index (χ0v) is 20.1. The Kier molecular flexibility index (Phi) is 8.58. The molecule has 1 unspecified atom stereocenters. The summed E-state index contributed by atoms with van der Waals surface area (Å²) >= 11 is 0. The highest BCUT2D eigenvalue weighted by Gasteiger charge is 2.32. The number of halogens is 1. The Hall–Kier alpha value is -3.47. The molecule has 0 aliphatic heterocycles. The molecule has 178 valence electrons. The molecule has 1 atom stereocenters. The second-order valence-corrected chi connectivity index (χ2v) is 9.58. The number of nitrogens with zero attached hydrogens (tertiary/aromatic N) is 1. The number of carbonyl (C=O) groups is 2. The Balaban J connectivity index is 1.91. The van der Waals surface area contributed by atoms with Gasteiger partial charge < -0.3 is 10.2 Å². The van der Waals surface area contributed by atoms with E-state index in [4.69, 9.17) is 0 Å². The van der Waals surface area contributed by atoms with Gasteiger partial charge in [-0.15, -0.1) is 0 Å². The topological polar surface area (TPSA) is 49.4 Å². The van der Waals surface area contributed by atoms with Crippen LogP contribution >= 0.6 is 0 Å². The van der Waals surface area contributed by atoms with E-state index in [1.807, 2.05) is 81.4 Å². The fourth-order valence-corrected chi connectivity index (χ4v) is 3.83. The number of benzene rings is 3. The molecule has 3 rings (SSSR count). The predicted molar refractivity (Wildman–Crippen MR) is 134 cm³/mol. The third kappa shape index (κ3) is 7.84. The normalized spacial score (nSPS) is 12.1. The van der Waals surface area contributed by atoms with Crippen molar-refractivity contribution in [2.75, 3.05) is 0 Å². The minimum absolute atomic E-state index is 0.113. The number of amides is 2. The second-order valence-electron chi connectivity index (χ2n) is 9.58. The lowest BCUT2D eigenvalue weighted by Crippen LogP contribution is -2.54. The Morgan fingerprint density at radius 3 is 1.94 bits per heavy atom. The molecule has 0 spiro atoms. The number of hydrogen-bond donors (Lipinski definition) is 1. The van der Waals surface area contributed by atoms with Crippen molar-refractivity contribution in [2.45, 2.75) is 58.2 Å². The molecular formula is C29H33FN2O2. The molecule has 4 nitrogen and oxygen atoms in total. The quantitative estimate of drug-likeness (QED) is 0.470. The number of aryl methyl sites for hydroxylation is 1.